The van der Waals surface area contributed by atoms with Crippen molar-refractivity contribution in [3.8, 4) is 11.3 Å². The Hall–Kier alpha value is -0.950. The topological polar surface area (TPSA) is 12.9 Å². The molecule has 17 heavy (non-hydrogen) atoms. The van der Waals surface area contributed by atoms with Crippen LogP contribution in [0.3, 0.4) is 0 Å². The van der Waals surface area contributed by atoms with E-state index >= 15 is 0 Å². The monoisotopic (exact) mass is 325 g/mol. The molecule has 1 nitrogen and oxygen atoms in total. The Labute approximate surface area is 106 Å². The van der Waals surface area contributed by atoms with E-state index in [1.807, 2.05) is 0 Å². The van der Waals surface area contributed by atoms with Crippen molar-refractivity contribution in [2.45, 2.75) is 6.18 Å². The van der Waals surface area contributed by atoms with Crippen molar-refractivity contribution < 1.29 is 17.6 Å². The Morgan fingerprint density at radius 1 is 1.18 bits per heavy atom. The number of hydrogen-bond donors (Lipinski definition) is 0. The maximum absolute atomic E-state index is 13.1. The van der Waals surface area contributed by atoms with Crippen molar-refractivity contribution in [1.29, 1.82) is 0 Å². The lowest BCUT2D eigenvalue weighted by molar-refractivity contribution is -0.137. The molecule has 0 bridgehead atoms. The quantitative estimate of drug-likeness (QED) is 0.691. The number of aromatic nitrogens is 1. The summed E-state index contributed by atoms with van der Waals surface area (Å²) in [4.78, 5) is 3.95. The lowest BCUT2D eigenvalue weighted by Crippen LogP contribution is -2.05. The summed E-state index contributed by atoms with van der Waals surface area (Å²) in [5.41, 5.74) is -0.595. The zero-order valence-corrected chi connectivity index (χ0v) is 10.5. The Kier molecular flexibility index (Phi) is 3.22. The normalized spacial score (nSPS) is 11.8. The molecule has 0 amide bonds. The van der Waals surface area contributed by atoms with Crippen LogP contribution >= 0.6 is 27.3 Å². The van der Waals surface area contributed by atoms with E-state index in [9.17, 15) is 17.6 Å². The summed E-state index contributed by atoms with van der Waals surface area (Å²) >= 11 is 4.32. The molecule has 7 heteroatoms. The average molecular weight is 326 g/mol. The highest BCUT2D eigenvalue weighted by Gasteiger charge is 2.31. The second-order valence-corrected chi connectivity index (χ2v) is 5.35. The Morgan fingerprint density at radius 2 is 1.88 bits per heavy atom. The van der Waals surface area contributed by atoms with Crippen LogP contribution in [-0.2, 0) is 6.18 Å². The number of rotatable bonds is 1. The van der Waals surface area contributed by atoms with Gasteiger partial charge in [-0.25, -0.2) is 9.37 Å². The van der Waals surface area contributed by atoms with Crippen LogP contribution in [0.4, 0.5) is 17.6 Å². The second kappa shape index (κ2) is 4.38. The van der Waals surface area contributed by atoms with E-state index in [1.54, 1.807) is 5.38 Å². The number of benzene rings is 1. The number of thiazole rings is 1. The lowest BCUT2D eigenvalue weighted by Gasteiger charge is -2.08. The SMILES string of the molecule is Fc1cc(-c2csc(Br)n2)cc(C(F)(F)F)c1. The number of alkyl halides is 3. The van der Waals surface area contributed by atoms with Crippen LogP contribution in [0, 0.1) is 5.82 Å². The van der Waals surface area contributed by atoms with E-state index in [0.717, 1.165) is 12.1 Å². The zero-order chi connectivity index (χ0) is 12.6. The summed E-state index contributed by atoms with van der Waals surface area (Å²) in [6.45, 7) is 0. The highest BCUT2D eigenvalue weighted by molar-refractivity contribution is 9.11. The molecule has 2 aromatic rings. The van der Waals surface area contributed by atoms with Crippen LogP contribution in [0.25, 0.3) is 11.3 Å². The predicted molar refractivity (Wildman–Crippen MR) is 60.2 cm³/mol. The van der Waals surface area contributed by atoms with Gasteiger partial charge in [0.25, 0.3) is 0 Å². The number of nitrogens with zero attached hydrogens (tertiary/aromatic N) is 1. The largest absolute Gasteiger partial charge is 0.416 e. The van der Waals surface area contributed by atoms with Crippen molar-refractivity contribution in [1.82, 2.24) is 4.98 Å². The van der Waals surface area contributed by atoms with Gasteiger partial charge in [0.15, 0.2) is 3.92 Å². The van der Waals surface area contributed by atoms with Crippen molar-refractivity contribution in [2.24, 2.45) is 0 Å². The summed E-state index contributed by atoms with van der Waals surface area (Å²) in [6.07, 6.45) is -4.57. The van der Waals surface area contributed by atoms with Gasteiger partial charge in [-0.05, 0) is 34.1 Å². The van der Waals surface area contributed by atoms with Gasteiger partial charge in [0.05, 0.1) is 11.3 Å². The molecular formula is C10H4BrF4NS. The maximum atomic E-state index is 13.1. The molecule has 2 rings (SSSR count). The molecule has 1 aromatic carbocycles. The third-order valence-electron chi connectivity index (χ3n) is 2.00. The van der Waals surface area contributed by atoms with E-state index in [4.69, 9.17) is 0 Å². The Morgan fingerprint density at radius 3 is 2.41 bits per heavy atom. The third-order valence-corrected chi connectivity index (χ3v) is 3.36. The van der Waals surface area contributed by atoms with Gasteiger partial charge in [0.1, 0.15) is 5.82 Å². The second-order valence-electron chi connectivity index (χ2n) is 3.21. The predicted octanol–water partition coefficient (Wildman–Crippen LogP) is 4.73. The molecule has 0 atom stereocenters. The maximum Gasteiger partial charge on any atom is 0.416 e. The van der Waals surface area contributed by atoms with Crippen LogP contribution in [0.2, 0.25) is 0 Å². The molecule has 0 radical (unpaired) electrons. The highest BCUT2D eigenvalue weighted by Crippen LogP contribution is 2.33. The molecule has 0 saturated heterocycles. The van der Waals surface area contributed by atoms with Crippen molar-refractivity contribution >= 4 is 27.3 Å². The summed E-state index contributed by atoms with van der Waals surface area (Å²) in [7, 11) is 0. The minimum atomic E-state index is -4.57. The first-order valence-electron chi connectivity index (χ1n) is 4.35. The minimum Gasteiger partial charge on any atom is -0.229 e. The summed E-state index contributed by atoms with van der Waals surface area (Å²) in [6, 6.07) is 2.37. The standard InChI is InChI=1S/C10H4BrF4NS/c11-9-16-8(4-17-9)5-1-6(10(13,14)15)3-7(12)2-5/h1-4H. The summed E-state index contributed by atoms with van der Waals surface area (Å²) in [5.74, 6) is -0.932. The Balaban J connectivity index is 2.52. The smallest absolute Gasteiger partial charge is 0.229 e. The molecule has 1 heterocycles. The molecule has 0 spiro atoms. The molecule has 1 aromatic heterocycles. The summed E-state index contributed by atoms with van der Waals surface area (Å²) in [5, 5.41) is 1.55. The van der Waals surface area contributed by atoms with Gasteiger partial charge in [-0.3, -0.25) is 0 Å². The fraction of sp³-hybridized carbons (Fsp3) is 0.100. The van der Waals surface area contributed by atoms with Crippen LogP contribution in [0.15, 0.2) is 27.5 Å². The van der Waals surface area contributed by atoms with Crippen molar-refractivity contribution in [3.63, 3.8) is 0 Å². The minimum absolute atomic E-state index is 0.110. The molecule has 0 saturated carbocycles. The molecule has 0 N–H and O–H groups in total. The van der Waals surface area contributed by atoms with Crippen molar-refractivity contribution in [3.05, 3.63) is 38.9 Å². The van der Waals surface area contributed by atoms with Crippen LogP contribution in [-0.4, -0.2) is 4.98 Å². The molecule has 90 valence electrons. The van der Waals surface area contributed by atoms with Crippen LogP contribution < -0.4 is 0 Å². The van der Waals surface area contributed by atoms with Gasteiger partial charge >= 0.3 is 6.18 Å². The fourth-order valence-corrected chi connectivity index (χ4v) is 2.31. The molecule has 0 aliphatic carbocycles. The van der Waals surface area contributed by atoms with Crippen molar-refractivity contribution in [2.75, 3.05) is 0 Å². The molecule has 0 aliphatic rings. The fourth-order valence-electron chi connectivity index (χ4n) is 1.29. The van der Waals surface area contributed by atoms with Gasteiger partial charge in [-0.2, -0.15) is 13.2 Å². The molecular weight excluding hydrogens is 322 g/mol. The zero-order valence-electron chi connectivity index (χ0n) is 8.05. The van der Waals surface area contributed by atoms with Gasteiger partial charge in [-0.15, -0.1) is 11.3 Å². The number of halogens is 5. The average Bonchev–Trinajstić information content (AvgIpc) is 2.62. The van der Waals surface area contributed by atoms with Gasteiger partial charge in [-0.1, -0.05) is 0 Å². The summed E-state index contributed by atoms with van der Waals surface area (Å²) < 4.78 is 51.1. The third kappa shape index (κ3) is 2.84. The lowest BCUT2D eigenvalue weighted by atomic mass is 10.1. The van der Waals surface area contributed by atoms with Crippen LogP contribution in [0.5, 0.6) is 0 Å². The van der Waals surface area contributed by atoms with Gasteiger partial charge < -0.3 is 0 Å². The van der Waals surface area contributed by atoms with E-state index < -0.39 is 17.6 Å². The highest BCUT2D eigenvalue weighted by atomic mass is 79.9. The van der Waals surface area contributed by atoms with E-state index in [2.05, 4.69) is 20.9 Å². The van der Waals surface area contributed by atoms with E-state index in [1.165, 1.54) is 11.3 Å². The first kappa shape index (κ1) is 12.5. The first-order chi connectivity index (χ1) is 7.86. The Bertz CT molecular complexity index is 549. The van der Waals surface area contributed by atoms with Crippen LogP contribution in [0.1, 0.15) is 5.56 Å². The molecule has 0 aliphatic heterocycles. The van der Waals surface area contributed by atoms with E-state index in [0.29, 0.717) is 15.7 Å². The van der Waals surface area contributed by atoms with Gasteiger partial charge in [0, 0.05) is 10.9 Å². The van der Waals surface area contributed by atoms with E-state index in [-0.39, 0.29) is 5.56 Å². The van der Waals surface area contributed by atoms with Gasteiger partial charge in [0.2, 0.25) is 0 Å². The number of hydrogen-bond acceptors (Lipinski definition) is 2. The molecule has 0 fully saturated rings. The molecule has 0 unspecified atom stereocenters. The first-order valence-corrected chi connectivity index (χ1v) is 6.03.